The molecule has 1 fully saturated rings. The van der Waals surface area contributed by atoms with Gasteiger partial charge in [0, 0.05) is 38.4 Å². The molecule has 0 saturated carbocycles. The second kappa shape index (κ2) is 13.0. The lowest BCUT2D eigenvalue weighted by Crippen LogP contribution is -2.54. The fraction of sp³-hybridized carbons (Fsp3) is 0.400. The minimum absolute atomic E-state index is 0.00658. The van der Waals surface area contributed by atoms with Crippen molar-refractivity contribution in [3.05, 3.63) is 78.5 Å². The van der Waals surface area contributed by atoms with E-state index in [1.54, 1.807) is 19.4 Å². The third kappa shape index (κ3) is 6.64. The van der Waals surface area contributed by atoms with Gasteiger partial charge in [-0.1, -0.05) is 30.3 Å². The van der Waals surface area contributed by atoms with Crippen molar-refractivity contribution >= 4 is 11.8 Å². The lowest BCUT2D eigenvalue weighted by Gasteiger charge is -2.42. The van der Waals surface area contributed by atoms with Crippen molar-refractivity contribution in [3.8, 4) is 17.4 Å². The standard InChI is InChI=1S/C30H35N3O7/c1-37-16-6-15-32-17-23(39-26-8-3-2-7-24(26)32)20-38-27-19-33(30(35)36)18-25(34)29(27)21-10-12-22(13-11-21)40-28-9-4-5-14-31-28/h2-5,7-14,23,25,27,29,34H,6,15-20H2,1H3,(H,35,36). The minimum Gasteiger partial charge on any atom is -0.484 e. The number of fused-ring (bicyclic) bond motifs is 1. The summed E-state index contributed by atoms with van der Waals surface area (Å²) < 4.78 is 23.7. The van der Waals surface area contributed by atoms with E-state index >= 15 is 0 Å². The number of rotatable bonds is 10. The minimum atomic E-state index is -1.09. The molecule has 0 aliphatic carbocycles. The van der Waals surface area contributed by atoms with Crippen LogP contribution in [0.5, 0.6) is 17.4 Å². The zero-order valence-corrected chi connectivity index (χ0v) is 22.5. The van der Waals surface area contributed by atoms with E-state index in [0.29, 0.717) is 24.8 Å². The van der Waals surface area contributed by atoms with Crippen molar-refractivity contribution in [2.75, 3.05) is 51.4 Å². The molecule has 0 bridgehead atoms. The summed E-state index contributed by atoms with van der Waals surface area (Å²) in [7, 11) is 1.69. The van der Waals surface area contributed by atoms with Crippen LogP contribution in [0.3, 0.4) is 0 Å². The van der Waals surface area contributed by atoms with E-state index in [9.17, 15) is 15.0 Å². The molecular weight excluding hydrogens is 514 g/mol. The first-order valence-corrected chi connectivity index (χ1v) is 13.5. The number of methoxy groups -OCH3 is 1. The number of para-hydroxylation sites is 2. The van der Waals surface area contributed by atoms with Crippen LogP contribution >= 0.6 is 0 Å². The average molecular weight is 550 g/mol. The molecule has 0 radical (unpaired) electrons. The zero-order valence-electron chi connectivity index (χ0n) is 22.5. The number of carboxylic acid groups (broad SMARTS) is 1. The number of likely N-dealkylation sites (tertiary alicyclic amines) is 1. The van der Waals surface area contributed by atoms with Crippen LogP contribution in [0.25, 0.3) is 0 Å². The van der Waals surface area contributed by atoms with Crippen molar-refractivity contribution in [2.24, 2.45) is 0 Å². The SMILES string of the molecule is COCCCN1CC(COC2CN(C(=O)O)CC(O)C2c2ccc(Oc3ccccn3)cc2)Oc2ccccc21. The average Bonchev–Trinajstić information content (AvgIpc) is 2.97. The van der Waals surface area contributed by atoms with Crippen LogP contribution in [0.15, 0.2) is 72.9 Å². The Labute approximate surface area is 233 Å². The number of aromatic nitrogens is 1. The van der Waals surface area contributed by atoms with E-state index < -0.39 is 24.2 Å². The number of anilines is 1. The summed E-state index contributed by atoms with van der Waals surface area (Å²) in [6.07, 6.45) is -0.308. The molecule has 4 atom stereocenters. The molecule has 2 aliphatic heterocycles. The molecular formula is C30H35N3O7. The lowest BCUT2D eigenvalue weighted by molar-refractivity contribution is -0.0766. The third-order valence-electron chi connectivity index (χ3n) is 7.21. The normalized spacial score (nSPS) is 22.4. The second-order valence-corrected chi connectivity index (χ2v) is 9.99. The summed E-state index contributed by atoms with van der Waals surface area (Å²) in [4.78, 5) is 19.5. The Kier molecular flexibility index (Phi) is 9.00. The Hall–Kier alpha value is -3.86. The molecule has 5 rings (SSSR count). The second-order valence-electron chi connectivity index (χ2n) is 9.99. The number of hydrogen-bond donors (Lipinski definition) is 2. The molecule has 10 nitrogen and oxygen atoms in total. The molecule has 1 saturated heterocycles. The first-order chi connectivity index (χ1) is 19.5. The van der Waals surface area contributed by atoms with Gasteiger partial charge in [-0.2, -0.15) is 0 Å². The summed E-state index contributed by atoms with van der Waals surface area (Å²) in [6.45, 7) is 2.51. The van der Waals surface area contributed by atoms with E-state index in [4.69, 9.17) is 18.9 Å². The van der Waals surface area contributed by atoms with Crippen molar-refractivity contribution in [3.63, 3.8) is 0 Å². The summed E-state index contributed by atoms with van der Waals surface area (Å²) in [6, 6.07) is 20.7. The number of benzene rings is 2. The topological polar surface area (TPSA) is 114 Å². The van der Waals surface area contributed by atoms with E-state index in [2.05, 4.69) is 9.88 Å². The van der Waals surface area contributed by atoms with Gasteiger partial charge in [-0.15, -0.1) is 0 Å². The highest BCUT2D eigenvalue weighted by molar-refractivity contribution is 5.65. The van der Waals surface area contributed by atoms with Crippen LogP contribution in [0.1, 0.15) is 17.9 Å². The number of hydrogen-bond acceptors (Lipinski definition) is 8. The number of carbonyl (C=O) groups is 1. The van der Waals surface area contributed by atoms with Gasteiger partial charge in [-0.3, -0.25) is 0 Å². The molecule has 3 heterocycles. The van der Waals surface area contributed by atoms with E-state index in [1.165, 1.54) is 4.90 Å². The quantitative estimate of drug-likeness (QED) is 0.362. The number of aliphatic hydroxyl groups excluding tert-OH is 1. The smallest absolute Gasteiger partial charge is 0.407 e. The van der Waals surface area contributed by atoms with Crippen LogP contribution in [-0.2, 0) is 9.47 Å². The number of aliphatic hydroxyl groups is 1. The van der Waals surface area contributed by atoms with Gasteiger partial charge in [-0.25, -0.2) is 9.78 Å². The van der Waals surface area contributed by atoms with E-state index in [-0.39, 0.29) is 25.8 Å². The van der Waals surface area contributed by atoms with Crippen LogP contribution in [0.4, 0.5) is 10.5 Å². The van der Waals surface area contributed by atoms with Gasteiger partial charge in [-0.05, 0) is 42.3 Å². The molecule has 1 aromatic heterocycles. The third-order valence-corrected chi connectivity index (χ3v) is 7.21. The van der Waals surface area contributed by atoms with Gasteiger partial charge in [0.1, 0.15) is 17.6 Å². The molecule has 2 aliphatic rings. The van der Waals surface area contributed by atoms with Crippen molar-refractivity contribution in [1.82, 2.24) is 9.88 Å². The van der Waals surface area contributed by atoms with Gasteiger partial charge in [0.25, 0.3) is 0 Å². The maximum Gasteiger partial charge on any atom is 0.407 e. The maximum atomic E-state index is 11.8. The van der Waals surface area contributed by atoms with Crippen molar-refractivity contribution in [2.45, 2.75) is 30.7 Å². The zero-order chi connectivity index (χ0) is 27.9. The summed E-state index contributed by atoms with van der Waals surface area (Å²) >= 11 is 0. The Balaban J connectivity index is 1.29. The highest BCUT2D eigenvalue weighted by atomic mass is 16.5. The number of piperidine rings is 1. The van der Waals surface area contributed by atoms with Crippen LogP contribution in [-0.4, -0.2) is 91.0 Å². The summed E-state index contributed by atoms with van der Waals surface area (Å²) in [5.74, 6) is 1.46. The maximum absolute atomic E-state index is 11.8. The number of pyridine rings is 1. The number of nitrogens with zero attached hydrogens (tertiary/aromatic N) is 3. The molecule has 2 N–H and O–H groups in total. The number of β-amino-alcohol motifs (C(OH)–C–C–N with tert-alkyl or cyclic N) is 1. The Morgan fingerprint density at radius 1 is 1.05 bits per heavy atom. The van der Waals surface area contributed by atoms with Crippen molar-refractivity contribution in [1.29, 1.82) is 0 Å². The molecule has 3 aromatic rings. The molecule has 40 heavy (non-hydrogen) atoms. The fourth-order valence-corrected chi connectivity index (χ4v) is 5.34. The molecule has 212 valence electrons. The lowest BCUT2D eigenvalue weighted by atomic mass is 9.84. The fourth-order valence-electron chi connectivity index (χ4n) is 5.34. The molecule has 0 spiro atoms. The Bertz CT molecular complexity index is 1240. The first-order valence-electron chi connectivity index (χ1n) is 13.5. The molecule has 10 heteroatoms. The van der Waals surface area contributed by atoms with Crippen molar-refractivity contribution < 1.29 is 34.0 Å². The predicted molar refractivity (Wildman–Crippen MR) is 148 cm³/mol. The number of amides is 1. The predicted octanol–water partition coefficient (Wildman–Crippen LogP) is 4.00. The monoisotopic (exact) mass is 549 g/mol. The van der Waals surface area contributed by atoms with E-state index in [1.807, 2.05) is 60.7 Å². The summed E-state index contributed by atoms with van der Waals surface area (Å²) in [5, 5.41) is 20.7. The van der Waals surface area contributed by atoms with Crippen LogP contribution in [0.2, 0.25) is 0 Å². The largest absolute Gasteiger partial charge is 0.484 e. The molecule has 4 unspecified atom stereocenters. The van der Waals surface area contributed by atoms with Crippen LogP contribution in [0, 0.1) is 0 Å². The Morgan fingerprint density at radius 2 is 1.85 bits per heavy atom. The highest BCUT2D eigenvalue weighted by Crippen LogP contribution is 2.35. The van der Waals surface area contributed by atoms with Gasteiger partial charge in [0.05, 0.1) is 44.1 Å². The van der Waals surface area contributed by atoms with Gasteiger partial charge >= 0.3 is 6.09 Å². The van der Waals surface area contributed by atoms with E-state index in [0.717, 1.165) is 30.0 Å². The molecule has 2 aromatic carbocycles. The van der Waals surface area contributed by atoms with Gasteiger partial charge in [0.2, 0.25) is 5.88 Å². The molecule has 1 amide bonds. The van der Waals surface area contributed by atoms with Gasteiger partial charge < -0.3 is 39.0 Å². The number of ether oxygens (including phenoxy) is 4. The Morgan fingerprint density at radius 3 is 2.60 bits per heavy atom. The van der Waals surface area contributed by atoms with Crippen LogP contribution < -0.4 is 14.4 Å². The highest BCUT2D eigenvalue weighted by Gasteiger charge is 2.40. The first kappa shape index (κ1) is 27.7. The van der Waals surface area contributed by atoms with Gasteiger partial charge in [0.15, 0.2) is 0 Å². The summed E-state index contributed by atoms with van der Waals surface area (Å²) in [5.41, 5.74) is 1.87.